The molecule has 1 heterocycles. The zero-order valence-electron chi connectivity index (χ0n) is 19.3. The molecule has 9 heteroatoms. The molecule has 4 rings (SSSR count). The molecule has 1 aliphatic heterocycles. The zero-order valence-corrected chi connectivity index (χ0v) is 20.9. The summed E-state index contributed by atoms with van der Waals surface area (Å²) in [5.41, 5.74) is 0.658. The van der Waals surface area contributed by atoms with Crippen LogP contribution in [0.5, 0.6) is 17.2 Å². The summed E-state index contributed by atoms with van der Waals surface area (Å²) in [6.45, 7) is 2.61. The van der Waals surface area contributed by atoms with E-state index in [4.69, 9.17) is 21.1 Å². The van der Waals surface area contributed by atoms with Crippen molar-refractivity contribution < 1.29 is 22.7 Å². The highest BCUT2D eigenvalue weighted by molar-refractivity contribution is 7.89. The third-order valence-corrected chi connectivity index (χ3v) is 7.90. The minimum Gasteiger partial charge on any atom is -0.492 e. The van der Waals surface area contributed by atoms with Gasteiger partial charge < -0.3 is 14.8 Å². The molecule has 0 saturated carbocycles. The average Bonchev–Trinajstić information content (AvgIpc) is 2.87. The van der Waals surface area contributed by atoms with Crippen molar-refractivity contribution in [2.75, 3.05) is 25.0 Å². The molecular formula is C26H27ClN2O5S. The molecule has 0 aliphatic carbocycles. The van der Waals surface area contributed by atoms with Gasteiger partial charge in [0.25, 0.3) is 0 Å². The maximum atomic E-state index is 13.2. The molecule has 1 N–H and O–H groups in total. The standard InChI is InChI=1S/C26H27ClN2O5S/c1-2-33-24-13-8-20(27)18-25(24)35(31,32)29-16-14-19(15-17-29)26(30)28-21-9-11-23(12-10-21)34-22-6-4-3-5-7-22/h3-13,18-19H,2,14-17H2,1H3,(H,28,30). The zero-order chi connectivity index (χ0) is 24.8. The number of carbonyl (C=O) groups is 1. The van der Waals surface area contributed by atoms with Crippen molar-refractivity contribution >= 4 is 33.2 Å². The number of benzene rings is 3. The van der Waals surface area contributed by atoms with Crippen LogP contribution in [-0.4, -0.2) is 38.3 Å². The van der Waals surface area contributed by atoms with E-state index in [1.807, 2.05) is 30.3 Å². The van der Waals surface area contributed by atoms with Gasteiger partial charge in [0.05, 0.1) is 6.61 Å². The van der Waals surface area contributed by atoms with E-state index >= 15 is 0 Å². The second-order valence-electron chi connectivity index (χ2n) is 8.13. The SMILES string of the molecule is CCOc1ccc(Cl)cc1S(=O)(=O)N1CCC(C(=O)Nc2ccc(Oc3ccccc3)cc2)CC1. The summed E-state index contributed by atoms with van der Waals surface area (Å²) in [5.74, 6) is 1.26. The molecule has 0 atom stereocenters. The van der Waals surface area contributed by atoms with E-state index in [-0.39, 0.29) is 35.6 Å². The molecule has 0 spiro atoms. The number of hydrogen-bond donors (Lipinski definition) is 1. The number of anilines is 1. The van der Waals surface area contributed by atoms with Gasteiger partial charge in [0.2, 0.25) is 15.9 Å². The van der Waals surface area contributed by atoms with Gasteiger partial charge in [-0.15, -0.1) is 0 Å². The Labute approximate surface area is 210 Å². The summed E-state index contributed by atoms with van der Waals surface area (Å²) in [7, 11) is -3.80. The van der Waals surface area contributed by atoms with Gasteiger partial charge in [-0.3, -0.25) is 4.79 Å². The van der Waals surface area contributed by atoms with Gasteiger partial charge in [-0.05, 0) is 74.4 Å². The summed E-state index contributed by atoms with van der Waals surface area (Å²) >= 11 is 6.05. The van der Waals surface area contributed by atoms with Crippen molar-refractivity contribution in [1.29, 1.82) is 0 Å². The number of hydrogen-bond acceptors (Lipinski definition) is 5. The van der Waals surface area contributed by atoms with E-state index in [0.29, 0.717) is 35.9 Å². The van der Waals surface area contributed by atoms with Crippen LogP contribution >= 0.6 is 11.6 Å². The lowest BCUT2D eigenvalue weighted by molar-refractivity contribution is -0.120. The van der Waals surface area contributed by atoms with E-state index in [0.717, 1.165) is 5.75 Å². The van der Waals surface area contributed by atoms with E-state index in [9.17, 15) is 13.2 Å². The highest BCUT2D eigenvalue weighted by Crippen LogP contribution is 2.32. The number of piperidine rings is 1. The van der Waals surface area contributed by atoms with Crippen molar-refractivity contribution in [2.45, 2.75) is 24.7 Å². The third-order valence-electron chi connectivity index (χ3n) is 5.75. The van der Waals surface area contributed by atoms with E-state index < -0.39 is 10.0 Å². The van der Waals surface area contributed by atoms with Crippen LogP contribution in [-0.2, 0) is 14.8 Å². The largest absolute Gasteiger partial charge is 0.492 e. The maximum absolute atomic E-state index is 13.2. The van der Waals surface area contributed by atoms with Crippen LogP contribution in [0.3, 0.4) is 0 Å². The third kappa shape index (κ3) is 6.14. The van der Waals surface area contributed by atoms with Crippen molar-refractivity contribution in [3.05, 3.63) is 77.8 Å². The Balaban J connectivity index is 1.35. The topological polar surface area (TPSA) is 84.9 Å². The average molecular weight is 515 g/mol. The second-order valence-corrected chi connectivity index (χ2v) is 10.5. The number of amides is 1. The number of para-hydroxylation sites is 1. The fraction of sp³-hybridized carbons (Fsp3) is 0.269. The molecule has 1 aliphatic rings. The fourth-order valence-corrected chi connectivity index (χ4v) is 5.79. The monoisotopic (exact) mass is 514 g/mol. The van der Waals surface area contributed by atoms with E-state index in [1.165, 1.54) is 10.4 Å². The smallest absolute Gasteiger partial charge is 0.246 e. The number of nitrogens with one attached hydrogen (secondary N) is 1. The molecule has 0 bridgehead atoms. The van der Waals surface area contributed by atoms with Crippen LogP contribution < -0.4 is 14.8 Å². The minimum atomic E-state index is -3.80. The van der Waals surface area contributed by atoms with Gasteiger partial charge in [0, 0.05) is 29.7 Å². The van der Waals surface area contributed by atoms with Gasteiger partial charge in [-0.2, -0.15) is 4.31 Å². The highest BCUT2D eigenvalue weighted by Gasteiger charge is 2.34. The van der Waals surface area contributed by atoms with Gasteiger partial charge in [0.15, 0.2) is 0 Å². The maximum Gasteiger partial charge on any atom is 0.246 e. The lowest BCUT2D eigenvalue weighted by Gasteiger charge is -2.31. The van der Waals surface area contributed by atoms with Gasteiger partial charge in [0.1, 0.15) is 22.1 Å². The molecule has 3 aromatic carbocycles. The minimum absolute atomic E-state index is 0.0487. The highest BCUT2D eigenvalue weighted by atomic mass is 35.5. The van der Waals surface area contributed by atoms with Crippen LogP contribution in [0.25, 0.3) is 0 Å². The first-order valence-corrected chi connectivity index (χ1v) is 13.2. The predicted octanol–water partition coefficient (Wildman–Crippen LogP) is 5.57. The molecule has 7 nitrogen and oxygen atoms in total. The first-order valence-electron chi connectivity index (χ1n) is 11.4. The Kier molecular flexibility index (Phi) is 7.95. The van der Waals surface area contributed by atoms with Crippen LogP contribution in [0.2, 0.25) is 5.02 Å². The fourth-order valence-electron chi connectivity index (χ4n) is 3.93. The molecular weight excluding hydrogens is 488 g/mol. The van der Waals surface area contributed by atoms with Crippen LogP contribution in [0, 0.1) is 5.92 Å². The van der Waals surface area contributed by atoms with Crippen molar-refractivity contribution in [1.82, 2.24) is 4.31 Å². The van der Waals surface area contributed by atoms with Crippen LogP contribution in [0.1, 0.15) is 19.8 Å². The number of ether oxygens (including phenoxy) is 2. The first kappa shape index (κ1) is 25.0. The molecule has 184 valence electrons. The number of carbonyl (C=O) groups excluding carboxylic acids is 1. The molecule has 3 aromatic rings. The molecule has 0 unspecified atom stereocenters. The Bertz CT molecular complexity index is 1260. The lowest BCUT2D eigenvalue weighted by atomic mass is 9.97. The molecule has 0 radical (unpaired) electrons. The Morgan fingerprint density at radius 2 is 1.66 bits per heavy atom. The Morgan fingerprint density at radius 3 is 2.31 bits per heavy atom. The summed E-state index contributed by atoms with van der Waals surface area (Å²) in [4.78, 5) is 12.9. The van der Waals surface area contributed by atoms with Crippen LogP contribution in [0.4, 0.5) is 5.69 Å². The van der Waals surface area contributed by atoms with Crippen molar-refractivity contribution in [3.8, 4) is 17.2 Å². The van der Waals surface area contributed by atoms with E-state index in [2.05, 4.69) is 5.32 Å². The lowest BCUT2D eigenvalue weighted by Crippen LogP contribution is -2.41. The molecule has 1 saturated heterocycles. The summed E-state index contributed by atoms with van der Waals surface area (Å²) in [6.07, 6.45) is 0.843. The quantitative estimate of drug-likeness (QED) is 0.424. The Morgan fingerprint density at radius 1 is 1.00 bits per heavy atom. The van der Waals surface area contributed by atoms with Crippen molar-refractivity contribution in [3.63, 3.8) is 0 Å². The predicted molar refractivity (Wildman–Crippen MR) is 136 cm³/mol. The summed E-state index contributed by atoms with van der Waals surface area (Å²) in [6, 6.07) is 21.2. The number of nitrogens with zero attached hydrogens (tertiary/aromatic N) is 1. The van der Waals surface area contributed by atoms with Gasteiger partial charge >= 0.3 is 0 Å². The van der Waals surface area contributed by atoms with Gasteiger partial charge in [-0.1, -0.05) is 29.8 Å². The normalized spacial score (nSPS) is 14.9. The molecule has 0 aromatic heterocycles. The summed E-state index contributed by atoms with van der Waals surface area (Å²) in [5, 5.41) is 3.24. The molecule has 1 fully saturated rings. The second kappa shape index (κ2) is 11.1. The molecule has 1 amide bonds. The van der Waals surface area contributed by atoms with Crippen molar-refractivity contribution in [2.24, 2.45) is 5.92 Å². The van der Waals surface area contributed by atoms with E-state index in [1.54, 1.807) is 43.3 Å². The number of rotatable bonds is 8. The molecule has 35 heavy (non-hydrogen) atoms. The number of sulfonamides is 1. The van der Waals surface area contributed by atoms with Crippen LogP contribution in [0.15, 0.2) is 77.7 Å². The number of halogens is 1. The van der Waals surface area contributed by atoms with Gasteiger partial charge in [-0.25, -0.2) is 8.42 Å². The first-order chi connectivity index (χ1) is 16.9. The summed E-state index contributed by atoms with van der Waals surface area (Å²) < 4.78 is 39.1. The Hall–Kier alpha value is -3.07.